The van der Waals surface area contributed by atoms with Crippen LogP contribution in [0.25, 0.3) is 0 Å². The van der Waals surface area contributed by atoms with Gasteiger partial charge in [0.15, 0.2) is 6.61 Å². The number of carbonyl (C=O) groups excluding carboxylic acids is 3. The van der Waals surface area contributed by atoms with Gasteiger partial charge in [0.2, 0.25) is 0 Å². The van der Waals surface area contributed by atoms with E-state index >= 15 is 0 Å². The van der Waals surface area contributed by atoms with Crippen LogP contribution in [0, 0.1) is 5.82 Å². The van der Waals surface area contributed by atoms with Gasteiger partial charge in [-0.3, -0.25) is 19.8 Å². The monoisotopic (exact) mass is 490 g/mol. The fraction of sp³-hybridized carbons (Fsp3) is 0.550. The maximum Gasteiger partial charge on any atom is 0.414 e. The summed E-state index contributed by atoms with van der Waals surface area (Å²) in [6.07, 6.45) is -4.04. The molecule has 182 valence electrons. The van der Waals surface area contributed by atoms with Crippen molar-refractivity contribution in [2.75, 3.05) is 55.7 Å². The second kappa shape index (κ2) is 11.0. The van der Waals surface area contributed by atoms with Crippen LogP contribution in [0.4, 0.5) is 29.3 Å². The zero-order chi connectivity index (χ0) is 24.1. The Labute approximate surface area is 194 Å². The molecule has 0 aromatic heterocycles. The highest BCUT2D eigenvalue weighted by molar-refractivity contribution is 7.80. The number of thiol groups is 1. The highest BCUT2D eigenvalue weighted by Gasteiger charge is 2.33. The molecule has 0 spiro atoms. The fourth-order valence-corrected chi connectivity index (χ4v) is 3.66. The molecule has 2 aliphatic heterocycles. The van der Waals surface area contributed by atoms with Gasteiger partial charge in [-0.15, -0.1) is 0 Å². The van der Waals surface area contributed by atoms with Crippen molar-refractivity contribution in [3.63, 3.8) is 0 Å². The van der Waals surface area contributed by atoms with Gasteiger partial charge in [0.25, 0.3) is 12.3 Å². The third-order valence-electron chi connectivity index (χ3n) is 5.28. The largest absolute Gasteiger partial charge is 0.456 e. The van der Waals surface area contributed by atoms with Crippen LogP contribution >= 0.6 is 12.6 Å². The summed E-state index contributed by atoms with van der Waals surface area (Å²) in [6.45, 7) is 2.43. The van der Waals surface area contributed by atoms with E-state index < -0.39 is 35.8 Å². The van der Waals surface area contributed by atoms with E-state index in [0.717, 1.165) is 0 Å². The predicted octanol–water partition coefficient (Wildman–Crippen LogP) is 1.47. The number of cyclic esters (lactones) is 1. The summed E-state index contributed by atoms with van der Waals surface area (Å²) >= 11 is 3.71. The van der Waals surface area contributed by atoms with Crippen LogP contribution in [0.1, 0.15) is 6.92 Å². The molecular formula is C20H25F3N4O5S. The van der Waals surface area contributed by atoms with E-state index in [9.17, 15) is 27.6 Å². The number of hydrogen-bond acceptors (Lipinski definition) is 8. The van der Waals surface area contributed by atoms with Gasteiger partial charge in [0, 0.05) is 39.6 Å². The molecule has 0 radical (unpaired) electrons. The Kier molecular flexibility index (Phi) is 8.30. The van der Waals surface area contributed by atoms with E-state index in [1.165, 1.54) is 17.9 Å². The van der Waals surface area contributed by atoms with Gasteiger partial charge < -0.3 is 19.3 Å². The van der Waals surface area contributed by atoms with E-state index in [1.54, 1.807) is 21.9 Å². The topological polar surface area (TPSA) is 91.4 Å². The number of piperazine rings is 1. The number of ether oxygens (including phenoxy) is 2. The van der Waals surface area contributed by atoms with Crippen molar-refractivity contribution in [2.24, 2.45) is 0 Å². The molecule has 0 bridgehead atoms. The number of alkyl halides is 2. The third kappa shape index (κ3) is 6.44. The van der Waals surface area contributed by atoms with Crippen molar-refractivity contribution in [2.45, 2.75) is 24.8 Å². The zero-order valence-corrected chi connectivity index (χ0v) is 18.8. The number of rotatable bonds is 8. The number of nitrogens with zero attached hydrogens (tertiary/aromatic N) is 3. The lowest BCUT2D eigenvalue weighted by Gasteiger charge is -2.36. The van der Waals surface area contributed by atoms with Crippen LogP contribution in [0.15, 0.2) is 18.2 Å². The molecule has 0 unspecified atom stereocenters. The van der Waals surface area contributed by atoms with Crippen molar-refractivity contribution in [1.82, 2.24) is 10.2 Å². The van der Waals surface area contributed by atoms with E-state index in [2.05, 4.69) is 17.9 Å². The first kappa shape index (κ1) is 25.0. The standard InChI is InChI=1S/C20H25F3N4O5S/c1-12(28)31-11-17(29)26-6-4-25(5-7-26)16-3-2-13(8-15(16)21)27-10-14(32-20(27)30)9-24-19(33)18(22)23/h2-3,8,14,18-19,24,33H,4-7,9-11H2,1H3/t14-,19-/m0/s1. The lowest BCUT2D eigenvalue weighted by molar-refractivity contribution is -0.150. The first-order chi connectivity index (χ1) is 15.7. The van der Waals surface area contributed by atoms with Crippen molar-refractivity contribution < 1.29 is 37.0 Å². The molecule has 2 aliphatic rings. The van der Waals surface area contributed by atoms with Gasteiger partial charge in [0.05, 0.1) is 17.9 Å². The summed E-state index contributed by atoms with van der Waals surface area (Å²) in [5.41, 5.74) is 0.613. The fourth-order valence-electron chi connectivity index (χ4n) is 3.55. The molecule has 0 aliphatic carbocycles. The molecule has 3 rings (SSSR count). The molecule has 2 heterocycles. The Morgan fingerprint density at radius 1 is 1.27 bits per heavy atom. The first-order valence-corrected chi connectivity index (χ1v) is 10.8. The molecule has 1 aromatic carbocycles. The minimum Gasteiger partial charge on any atom is -0.456 e. The summed E-state index contributed by atoms with van der Waals surface area (Å²) < 4.78 is 49.8. The Morgan fingerprint density at radius 3 is 2.58 bits per heavy atom. The predicted molar refractivity (Wildman–Crippen MR) is 116 cm³/mol. The highest BCUT2D eigenvalue weighted by Crippen LogP contribution is 2.28. The molecule has 1 N–H and O–H groups in total. The Balaban J connectivity index is 1.55. The number of carbonyl (C=O) groups is 3. The van der Waals surface area contributed by atoms with Gasteiger partial charge in [-0.2, -0.15) is 12.6 Å². The van der Waals surface area contributed by atoms with Gasteiger partial charge in [0.1, 0.15) is 17.3 Å². The summed E-state index contributed by atoms with van der Waals surface area (Å²) in [4.78, 5) is 39.6. The third-order valence-corrected chi connectivity index (χ3v) is 5.69. The van der Waals surface area contributed by atoms with E-state index in [4.69, 9.17) is 9.47 Å². The molecule has 2 saturated heterocycles. The molecule has 2 fully saturated rings. The zero-order valence-electron chi connectivity index (χ0n) is 17.9. The number of hydrogen-bond donors (Lipinski definition) is 2. The van der Waals surface area contributed by atoms with Crippen molar-refractivity contribution in [1.29, 1.82) is 0 Å². The SMILES string of the molecule is CC(=O)OCC(=O)N1CCN(c2ccc(N3C[C@H](CN[C@@H](S)C(F)F)OC3=O)cc2F)CC1. The number of anilines is 2. The van der Waals surface area contributed by atoms with Gasteiger partial charge in [-0.05, 0) is 18.2 Å². The minimum atomic E-state index is -2.67. The summed E-state index contributed by atoms with van der Waals surface area (Å²) in [7, 11) is 0. The van der Waals surface area contributed by atoms with Crippen LogP contribution in [0.3, 0.4) is 0 Å². The molecule has 9 nitrogen and oxygen atoms in total. The Bertz CT molecular complexity index is 885. The number of amides is 2. The van der Waals surface area contributed by atoms with Gasteiger partial charge in [-0.25, -0.2) is 18.0 Å². The van der Waals surface area contributed by atoms with E-state index in [-0.39, 0.29) is 31.3 Å². The van der Waals surface area contributed by atoms with Crippen molar-refractivity contribution in [3.05, 3.63) is 24.0 Å². The van der Waals surface area contributed by atoms with E-state index in [1.807, 2.05) is 0 Å². The van der Waals surface area contributed by atoms with Crippen LogP contribution < -0.4 is 15.1 Å². The molecular weight excluding hydrogens is 465 g/mol. The van der Waals surface area contributed by atoms with Crippen LogP contribution in [-0.2, 0) is 19.1 Å². The highest BCUT2D eigenvalue weighted by atomic mass is 32.1. The van der Waals surface area contributed by atoms with Crippen LogP contribution in [0.5, 0.6) is 0 Å². The maximum absolute atomic E-state index is 14.9. The number of benzene rings is 1. The first-order valence-electron chi connectivity index (χ1n) is 10.3. The molecule has 2 atom stereocenters. The summed E-state index contributed by atoms with van der Waals surface area (Å²) in [6, 6.07) is 4.33. The molecule has 1 aromatic rings. The summed E-state index contributed by atoms with van der Waals surface area (Å²) in [5, 5.41) is 1.14. The summed E-state index contributed by atoms with van der Waals surface area (Å²) in [5.74, 6) is -1.39. The molecule has 2 amide bonds. The average Bonchev–Trinajstić information content (AvgIpc) is 3.16. The second-order valence-electron chi connectivity index (χ2n) is 7.59. The second-order valence-corrected chi connectivity index (χ2v) is 8.14. The lowest BCUT2D eigenvalue weighted by Crippen LogP contribution is -2.50. The minimum absolute atomic E-state index is 0.0121. The number of nitrogens with one attached hydrogen (secondary N) is 1. The van der Waals surface area contributed by atoms with Gasteiger partial charge >= 0.3 is 12.1 Å². The number of halogens is 3. The normalized spacial score (nSPS) is 19.6. The molecule has 0 saturated carbocycles. The quantitative estimate of drug-likeness (QED) is 0.324. The number of esters is 1. The van der Waals surface area contributed by atoms with E-state index in [0.29, 0.717) is 31.9 Å². The van der Waals surface area contributed by atoms with Crippen LogP contribution in [-0.4, -0.2) is 86.6 Å². The van der Waals surface area contributed by atoms with Crippen molar-refractivity contribution >= 4 is 42.0 Å². The Hall–Kier alpha value is -2.67. The Morgan fingerprint density at radius 2 is 1.97 bits per heavy atom. The average molecular weight is 491 g/mol. The molecule has 13 heteroatoms. The molecule has 33 heavy (non-hydrogen) atoms. The maximum atomic E-state index is 14.9. The lowest BCUT2D eigenvalue weighted by atomic mass is 10.2. The van der Waals surface area contributed by atoms with Crippen LogP contribution in [0.2, 0.25) is 0 Å². The van der Waals surface area contributed by atoms with Gasteiger partial charge in [-0.1, -0.05) is 0 Å². The smallest absolute Gasteiger partial charge is 0.414 e. The van der Waals surface area contributed by atoms with Crippen molar-refractivity contribution in [3.8, 4) is 0 Å².